The number of hydrogen-bond acceptors (Lipinski definition) is 7. The minimum absolute atomic E-state index is 0.201. The van der Waals surface area contributed by atoms with Crippen LogP contribution in [0.4, 0.5) is 0 Å². The highest BCUT2D eigenvalue weighted by Gasteiger charge is 2.75. The molecule has 3 aromatic carbocycles. The smallest absolute Gasteiger partial charge is 0.313 e. The predicted octanol–water partition coefficient (Wildman–Crippen LogP) is 4.93. The molecule has 0 aromatic heterocycles. The molecule has 53 heavy (non-hydrogen) atoms. The summed E-state index contributed by atoms with van der Waals surface area (Å²) in [6.45, 7) is 9.47. The molecule has 8 atom stereocenters. The fourth-order valence-corrected chi connectivity index (χ4v) is 8.47. The molecule has 0 saturated carbocycles. The molecule has 3 fully saturated rings. The number of benzene rings is 3. The van der Waals surface area contributed by atoms with Gasteiger partial charge in [-0.1, -0.05) is 103 Å². The van der Waals surface area contributed by atoms with E-state index in [1.165, 1.54) is 4.90 Å². The molecule has 2 N–H and O–H groups in total. The number of esters is 1. The van der Waals surface area contributed by atoms with Crippen LogP contribution < -0.4 is 5.32 Å². The van der Waals surface area contributed by atoms with Crippen LogP contribution in [0.15, 0.2) is 116 Å². The Hall–Kier alpha value is -5.06. The van der Waals surface area contributed by atoms with E-state index in [-0.39, 0.29) is 31.3 Å². The normalized spacial score (nSPS) is 24.5. The Morgan fingerprint density at radius 2 is 1.64 bits per heavy atom. The summed E-state index contributed by atoms with van der Waals surface area (Å²) in [5.74, 6) is -3.58. The van der Waals surface area contributed by atoms with E-state index in [4.69, 9.17) is 9.47 Å². The minimum atomic E-state index is -1.31. The molecule has 3 aliphatic heterocycles. The van der Waals surface area contributed by atoms with Gasteiger partial charge in [-0.3, -0.25) is 19.2 Å². The molecule has 6 rings (SSSR count). The number of nitrogens with zero attached hydrogens (tertiary/aromatic N) is 2. The molecule has 3 aromatic rings. The van der Waals surface area contributed by atoms with Crippen molar-refractivity contribution in [3.8, 4) is 0 Å². The van der Waals surface area contributed by atoms with Gasteiger partial charge in [0.15, 0.2) is 0 Å². The molecule has 0 radical (unpaired) electrons. The van der Waals surface area contributed by atoms with Crippen LogP contribution in [-0.2, 0) is 41.6 Å². The van der Waals surface area contributed by atoms with E-state index in [1.807, 2.05) is 91.0 Å². The Labute approximate surface area is 311 Å². The number of rotatable bonds is 17. The van der Waals surface area contributed by atoms with Gasteiger partial charge in [0.1, 0.15) is 17.7 Å². The SMILES string of the molecule is C=CCCC(=O)N[C@H](C)[C@@H](OC(=O)[C@@H]1[C@H]2C(=O)N([C@@H](CO)Cc3ccccc3)[C@H](C(=O)N(CC=C)Cc3ccccc3)[C@]23CC[C@H]1O3)c1ccccc1. The largest absolute Gasteiger partial charge is 0.455 e. The van der Waals surface area contributed by atoms with Gasteiger partial charge in [-0.15, -0.1) is 13.2 Å². The summed E-state index contributed by atoms with van der Waals surface area (Å²) in [6.07, 6.45) is 3.71. The third-order valence-corrected chi connectivity index (χ3v) is 10.8. The maximum Gasteiger partial charge on any atom is 0.313 e. The molecule has 1 spiro atoms. The first-order valence-electron chi connectivity index (χ1n) is 18.5. The maximum atomic E-state index is 15.0. The summed E-state index contributed by atoms with van der Waals surface area (Å²) in [4.78, 5) is 60.3. The van der Waals surface area contributed by atoms with Crippen molar-refractivity contribution >= 4 is 23.7 Å². The number of aliphatic hydroxyl groups is 1. The Kier molecular flexibility index (Phi) is 11.9. The zero-order chi connectivity index (χ0) is 37.5. The highest BCUT2D eigenvalue weighted by molar-refractivity contribution is 5.98. The first-order valence-corrected chi connectivity index (χ1v) is 18.5. The average molecular weight is 720 g/mol. The molecule has 3 aliphatic rings. The third-order valence-electron chi connectivity index (χ3n) is 10.8. The lowest BCUT2D eigenvalue weighted by Crippen LogP contribution is -2.59. The van der Waals surface area contributed by atoms with Crippen LogP contribution >= 0.6 is 0 Å². The number of allylic oxidation sites excluding steroid dienone is 1. The summed E-state index contributed by atoms with van der Waals surface area (Å²) in [6, 6.07) is 25.8. The van der Waals surface area contributed by atoms with Crippen molar-refractivity contribution in [2.24, 2.45) is 11.8 Å². The van der Waals surface area contributed by atoms with Crippen LogP contribution in [0.1, 0.15) is 55.4 Å². The predicted molar refractivity (Wildman–Crippen MR) is 200 cm³/mol. The zero-order valence-corrected chi connectivity index (χ0v) is 30.2. The molecule has 3 saturated heterocycles. The lowest BCUT2D eigenvalue weighted by Gasteiger charge is -2.39. The third kappa shape index (κ3) is 7.70. The molecular weight excluding hydrogens is 670 g/mol. The number of nitrogens with one attached hydrogen (secondary N) is 1. The maximum absolute atomic E-state index is 15.0. The van der Waals surface area contributed by atoms with E-state index < -0.39 is 66.3 Å². The van der Waals surface area contributed by atoms with E-state index >= 15 is 0 Å². The molecule has 0 unspecified atom stereocenters. The van der Waals surface area contributed by atoms with Gasteiger partial charge in [0, 0.05) is 19.5 Å². The summed E-state index contributed by atoms with van der Waals surface area (Å²) < 4.78 is 13.0. The lowest BCUT2D eigenvalue weighted by atomic mass is 9.70. The van der Waals surface area contributed by atoms with Crippen LogP contribution in [0.25, 0.3) is 0 Å². The molecule has 278 valence electrons. The second kappa shape index (κ2) is 16.7. The van der Waals surface area contributed by atoms with Crippen molar-refractivity contribution in [2.45, 2.75) is 81.5 Å². The van der Waals surface area contributed by atoms with Crippen LogP contribution in [0, 0.1) is 11.8 Å². The van der Waals surface area contributed by atoms with Crippen LogP contribution in [0.5, 0.6) is 0 Å². The molecular formula is C43H49N3O7. The summed E-state index contributed by atoms with van der Waals surface area (Å²) in [5.41, 5.74) is 1.18. The molecule has 2 bridgehead atoms. The van der Waals surface area contributed by atoms with Crippen molar-refractivity contribution < 1.29 is 33.8 Å². The Bertz CT molecular complexity index is 1770. The molecule has 10 nitrogen and oxygen atoms in total. The highest BCUT2D eigenvalue weighted by atomic mass is 16.6. The fourth-order valence-electron chi connectivity index (χ4n) is 8.47. The van der Waals surface area contributed by atoms with Crippen molar-refractivity contribution in [3.05, 3.63) is 133 Å². The van der Waals surface area contributed by atoms with Gasteiger partial charge in [0.2, 0.25) is 17.7 Å². The molecule has 3 heterocycles. The van der Waals surface area contributed by atoms with Gasteiger partial charge in [-0.05, 0) is 49.3 Å². The lowest BCUT2D eigenvalue weighted by molar-refractivity contribution is -0.162. The van der Waals surface area contributed by atoms with E-state index in [1.54, 1.807) is 24.0 Å². The van der Waals surface area contributed by atoms with Crippen molar-refractivity contribution in [1.82, 2.24) is 15.1 Å². The van der Waals surface area contributed by atoms with Crippen molar-refractivity contribution in [2.75, 3.05) is 13.2 Å². The molecule has 10 heteroatoms. The molecule has 0 aliphatic carbocycles. The second-order valence-corrected chi connectivity index (χ2v) is 14.3. The van der Waals surface area contributed by atoms with Gasteiger partial charge < -0.3 is 29.7 Å². The van der Waals surface area contributed by atoms with Gasteiger partial charge >= 0.3 is 5.97 Å². The number of aliphatic hydroxyl groups excluding tert-OH is 1. The van der Waals surface area contributed by atoms with Crippen molar-refractivity contribution in [1.29, 1.82) is 0 Å². The Morgan fingerprint density at radius 3 is 2.26 bits per heavy atom. The van der Waals surface area contributed by atoms with Crippen LogP contribution in [0.3, 0.4) is 0 Å². The topological polar surface area (TPSA) is 125 Å². The average Bonchev–Trinajstić information content (AvgIpc) is 3.83. The standard InChI is InChI=1S/C43H49N3O7/c1-4-6-22-35(48)44-29(3)38(32-20-14-9-15-21-32)52-42(51)36-34-23-24-43(53-34)37(36)40(49)46(33(28-47)26-30-16-10-7-11-17-30)39(43)41(50)45(25-5-2)27-31-18-12-8-13-19-31/h4-5,7-21,29,33-34,36-39,47H,1-2,6,22-28H2,3H3,(H,44,48)/t29-,33-,34-,36+,37+,38-,39-,43+/m1/s1. The number of fused-ring (bicyclic) bond motifs is 1. The van der Waals surface area contributed by atoms with Crippen LogP contribution in [0.2, 0.25) is 0 Å². The Balaban J connectivity index is 1.35. The quantitative estimate of drug-likeness (QED) is 0.150. The van der Waals surface area contributed by atoms with Gasteiger partial charge in [-0.2, -0.15) is 0 Å². The number of carbonyl (C=O) groups is 4. The molecule has 3 amide bonds. The van der Waals surface area contributed by atoms with Crippen LogP contribution in [-0.4, -0.2) is 81.6 Å². The van der Waals surface area contributed by atoms with Crippen molar-refractivity contribution in [3.63, 3.8) is 0 Å². The number of amides is 3. The zero-order valence-electron chi connectivity index (χ0n) is 30.2. The fraction of sp³-hybridized carbons (Fsp3) is 0.395. The number of likely N-dealkylation sites (tertiary alicyclic amines) is 1. The number of ether oxygens (including phenoxy) is 2. The number of carbonyl (C=O) groups excluding carboxylic acids is 4. The summed E-state index contributed by atoms with van der Waals surface area (Å²) >= 11 is 0. The van der Waals surface area contributed by atoms with E-state index in [9.17, 15) is 24.3 Å². The highest BCUT2D eigenvalue weighted by Crippen LogP contribution is 2.59. The monoisotopic (exact) mass is 719 g/mol. The van der Waals surface area contributed by atoms with E-state index in [2.05, 4.69) is 18.5 Å². The van der Waals surface area contributed by atoms with Gasteiger partial charge in [0.05, 0.1) is 36.6 Å². The minimum Gasteiger partial charge on any atom is -0.455 e. The second-order valence-electron chi connectivity index (χ2n) is 14.3. The van der Waals surface area contributed by atoms with E-state index in [0.29, 0.717) is 31.2 Å². The van der Waals surface area contributed by atoms with E-state index in [0.717, 1.165) is 11.1 Å². The first kappa shape index (κ1) is 37.7. The first-order chi connectivity index (χ1) is 25.7. The number of hydrogen-bond donors (Lipinski definition) is 2. The summed E-state index contributed by atoms with van der Waals surface area (Å²) in [7, 11) is 0. The summed E-state index contributed by atoms with van der Waals surface area (Å²) in [5, 5.41) is 13.8. The van der Waals surface area contributed by atoms with Gasteiger partial charge in [-0.25, -0.2) is 0 Å². The van der Waals surface area contributed by atoms with Gasteiger partial charge in [0.25, 0.3) is 0 Å². The Morgan fingerprint density at radius 1 is 1.00 bits per heavy atom.